The minimum absolute atomic E-state index is 0.0424. The molecule has 152 valence electrons. The molecule has 2 heterocycles. The quantitative estimate of drug-likeness (QED) is 0.868. The number of nitrogens with zero attached hydrogens (tertiary/aromatic N) is 3. The molecule has 0 spiro atoms. The Bertz CT molecular complexity index is 770. The van der Waals surface area contributed by atoms with Crippen molar-refractivity contribution >= 4 is 11.8 Å². The van der Waals surface area contributed by atoms with Crippen LogP contribution in [0.2, 0.25) is 0 Å². The van der Waals surface area contributed by atoms with Crippen LogP contribution < -0.4 is 5.32 Å². The fourth-order valence-corrected chi connectivity index (χ4v) is 2.81. The highest BCUT2D eigenvalue weighted by atomic mass is 16.5. The maximum Gasteiger partial charge on any atom is 0.316 e. The molecule has 2 amide bonds. The van der Waals surface area contributed by atoms with Gasteiger partial charge in [0.2, 0.25) is 11.7 Å². The van der Waals surface area contributed by atoms with Crippen molar-refractivity contribution in [3.05, 3.63) is 36.2 Å². The van der Waals surface area contributed by atoms with E-state index in [0.29, 0.717) is 12.4 Å². The van der Waals surface area contributed by atoms with Crippen LogP contribution in [-0.2, 0) is 4.79 Å². The van der Waals surface area contributed by atoms with E-state index in [1.807, 2.05) is 37.3 Å². The van der Waals surface area contributed by atoms with Crippen molar-refractivity contribution in [2.45, 2.75) is 59.5 Å². The van der Waals surface area contributed by atoms with Gasteiger partial charge in [-0.15, -0.1) is 0 Å². The third-order valence-electron chi connectivity index (χ3n) is 4.15. The number of nitrogens with one attached hydrogen (secondary N) is 1. The Labute approximate surface area is 166 Å². The largest absolute Gasteiger partial charge is 0.350 e. The average Bonchev–Trinajstić information content (AvgIpc) is 3.15. The van der Waals surface area contributed by atoms with Crippen LogP contribution in [0.3, 0.4) is 0 Å². The van der Waals surface area contributed by atoms with Gasteiger partial charge in [0.1, 0.15) is 6.04 Å². The van der Waals surface area contributed by atoms with Gasteiger partial charge in [0, 0.05) is 18.2 Å². The highest BCUT2D eigenvalue weighted by Crippen LogP contribution is 2.18. The number of rotatable bonds is 4. The maximum atomic E-state index is 12.7. The predicted molar refractivity (Wildman–Crippen MR) is 108 cm³/mol. The molecule has 0 bridgehead atoms. The molecule has 3 rings (SSSR count). The molecule has 1 saturated heterocycles. The van der Waals surface area contributed by atoms with E-state index >= 15 is 0 Å². The molecule has 1 aromatic heterocycles. The molecule has 1 aliphatic heterocycles. The molecule has 2 unspecified atom stereocenters. The summed E-state index contributed by atoms with van der Waals surface area (Å²) in [5.41, 5.74) is 0.772. The number of benzene rings is 1. The molecule has 0 aliphatic carbocycles. The lowest BCUT2D eigenvalue weighted by atomic mass is 10.1. The van der Waals surface area contributed by atoms with Crippen LogP contribution in [0.1, 0.15) is 58.1 Å². The molecule has 1 N–H and O–H groups in total. The van der Waals surface area contributed by atoms with E-state index in [4.69, 9.17) is 4.52 Å². The normalized spacial score (nSPS) is 19.1. The average molecular weight is 386 g/mol. The second-order valence-corrected chi connectivity index (χ2v) is 7.65. The summed E-state index contributed by atoms with van der Waals surface area (Å²) in [5.74, 6) is 0.535. The second-order valence-electron chi connectivity index (χ2n) is 7.65. The van der Waals surface area contributed by atoms with Gasteiger partial charge >= 0.3 is 11.8 Å². The van der Waals surface area contributed by atoms with Crippen molar-refractivity contribution in [3.8, 4) is 11.4 Å². The Morgan fingerprint density at radius 1 is 1.29 bits per heavy atom. The van der Waals surface area contributed by atoms with Crippen LogP contribution in [0.5, 0.6) is 0 Å². The zero-order valence-corrected chi connectivity index (χ0v) is 17.3. The van der Waals surface area contributed by atoms with E-state index in [2.05, 4.69) is 36.2 Å². The van der Waals surface area contributed by atoms with Crippen molar-refractivity contribution in [2.75, 3.05) is 6.54 Å². The molecule has 0 radical (unpaired) electrons. The van der Waals surface area contributed by atoms with Gasteiger partial charge in [-0.3, -0.25) is 9.59 Å². The van der Waals surface area contributed by atoms with E-state index < -0.39 is 11.9 Å². The third-order valence-corrected chi connectivity index (χ3v) is 4.15. The van der Waals surface area contributed by atoms with Gasteiger partial charge in [-0.05, 0) is 19.3 Å². The number of piperazine rings is 1. The van der Waals surface area contributed by atoms with E-state index in [9.17, 15) is 9.59 Å². The molecular weight excluding hydrogens is 356 g/mol. The standard InChI is InChI=1S/C17H20N4O3.C4H10/c1-3-7-13-10-21(11(2)15(22)18-13)17(23)16-19-14(20-24-16)12-8-5-4-6-9-12;1-4(2)3/h4-6,8-9,11,13H,3,7,10H2,1-2H3,(H,18,22);4H,1-3H3. The van der Waals surface area contributed by atoms with Crippen LogP contribution >= 0.6 is 0 Å². The van der Waals surface area contributed by atoms with Crippen LogP contribution in [0.4, 0.5) is 0 Å². The molecule has 7 nitrogen and oxygen atoms in total. The highest BCUT2D eigenvalue weighted by molar-refractivity contribution is 5.95. The first-order chi connectivity index (χ1) is 13.3. The zero-order valence-electron chi connectivity index (χ0n) is 17.3. The van der Waals surface area contributed by atoms with E-state index in [1.54, 1.807) is 6.92 Å². The Kier molecular flexibility index (Phi) is 7.72. The summed E-state index contributed by atoms with van der Waals surface area (Å²) in [5, 5.41) is 6.80. The first-order valence-electron chi connectivity index (χ1n) is 9.83. The van der Waals surface area contributed by atoms with Gasteiger partial charge in [-0.2, -0.15) is 4.98 Å². The first-order valence-corrected chi connectivity index (χ1v) is 9.83. The lowest BCUT2D eigenvalue weighted by Crippen LogP contribution is -2.60. The van der Waals surface area contributed by atoms with Gasteiger partial charge in [0.05, 0.1) is 0 Å². The Balaban J connectivity index is 0.000000640. The topological polar surface area (TPSA) is 88.3 Å². The van der Waals surface area contributed by atoms with Gasteiger partial charge in [0.25, 0.3) is 0 Å². The molecule has 2 aromatic rings. The van der Waals surface area contributed by atoms with Crippen molar-refractivity contribution in [2.24, 2.45) is 5.92 Å². The smallest absolute Gasteiger partial charge is 0.316 e. The summed E-state index contributed by atoms with van der Waals surface area (Å²) in [7, 11) is 0. The molecule has 1 aromatic carbocycles. The molecule has 1 aliphatic rings. The molecule has 2 atom stereocenters. The maximum absolute atomic E-state index is 12.7. The minimum atomic E-state index is -0.558. The number of carbonyl (C=O) groups excluding carboxylic acids is 2. The summed E-state index contributed by atoms with van der Waals surface area (Å²) in [6, 6.07) is 8.69. The Morgan fingerprint density at radius 2 is 1.93 bits per heavy atom. The summed E-state index contributed by atoms with van der Waals surface area (Å²) >= 11 is 0. The monoisotopic (exact) mass is 386 g/mol. The van der Waals surface area contributed by atoms with Crippen LogP contribution in [0.25, 0.3) is 11.4 Å². The van der Waals surface area contributed by atoms with Crippen LogP contribution in [0, 0.1) is 5.92 Å². The Morgan fingerprint density at radius 3 is 2.54 bits per heavy atom. The lowest BCUT2D eigenvalue weighted by Gasteiger charge is -2.37. The van der Waals surface area contributed by atoms with Crippen molar-refractivity contribution in [1.82, 2.24) is 20.4 Å². The van der Waals surface area contributed by atoms with E-state index in [0.717, 1.165) is 24.3 Å². The van der Waals surface area contributed by atoms with Gasteiger partial charge in [-0.25, -0.2) is 0 Å². The summed E-state index contributed by atoms with van der Waals surface area (Å²) in [6.07, 6.45) is 1.75. The van der Waals surface area contributed by atoms with Crippen LogP contribution in [-0.4, -0.2) is 45.5 Å². The fraction of sp³-hybridized carbons (Fsp3) is 0.524. The SMILES string of the molecule is CC(C)C.CCCC1CN(C(=O)c2nc(-c3ccccc3)no2)C(C)C(=O)N1. The van der Waals surface area contributed by atoms with Crippen molar-refractivity contribution in [3.63, 3.8) is 0 Å². The Hall–Kier alpha value is -2.70. The summed E-state index contributed by atoms with van der Waals surface area (Å²) < 4.78 is 5.13. The van der Waals surface area contributed by atoms with Gasteiger partial charge in [-0.1, -0.05) is 69.6 Å². The summed E-state index contributed by atoms with van der Waals surface area (Å²) in [6.45, 7) is 10.7. The number of hydrogen-bond donors (Lipinski definition) is 1. The third kappa shape index (κ3) is 5.65. The minimum Gasteiger partial charge on any atom is -0.350 e. The second kappa shape index (κ2) is 10.0. The van der Waals surface area contributed by atoms with Gasteiger partial charge < -0.3 is 14.7 Å². The van der Waals surface area contributed by atoms with Crippen LogP contribution in [0.15, 0.2) is 34.9 Å². The van der Waals surface area contributed by atoms with E-state index in [1.165, 1.54) is 4.90 Å². The number of amides is 2. The van der Waals surface area contributed by atoms with Gasteiger partial charge in [0.15, 0.2) is 0 Å². The molecule has 28 heavy (non-hydrogen) atoms. The van der Waals surface area contributed by atoms with E-state index in [-0.39, 0.29) is 17.8 Å². The number of aromatic nitrogens is 2. The molecule has 1 fully saturated rings. The first kappa shape index (κ1) is 21.6. The lowest BCUT2D eigenvalue weighted by molar-refractivity contribution is -0.128. The van der Waals surface area contributed by atoms with Crippen molar-refractivity contribution in [1.29, 1.82) is 0 Å². The van der Waals surface area contributed by atoms with Crippen molar-refractivity contribution < 1.29 is 14.1 Å². The number of hydrogen-bond acceptors (Lipinski definition) is 5. The number of carbonyl (C=O) groups is 2. The molecule has 0 saturated carbocycles. The predicted octanol–water partition coefficient (Wildman–Crippen LogP) is 3.53. The molecule has 7 heteroatoms. The zero-order chi connectivity index (χ0) is 20.7. The molecular formula is C21H30N4O3. The fourth-order valence-electron chi connectivity index (χ4n) is 2.81. The highest BCUT2D eigenvalue weighted by Gasteiger charge is 2.36. The summed E-state index contributed by atoms with van der Waals surface area (Å²) in [4.78, 5) is 30.5.